The minimum atomic E-state index is -0.0461. The predicted octanol–water partition coefficient (Wildman–Crippen LogP) is 2.04. The summed E-state index contributed by atoms with van der Waals surface area (Å²) in [5, 5.41) is 6.07. The molecule has 0 bridgehead atoms. The standard InChI is InChI=1S/C16H24N2O3/c1-3-15-12(7-8-21-15)10-17-11-16(19)18-13-5-4-6-14(9-13)20-2/h4-6,9,12,15,17H,3,7-8,10-11H2,1-2H3,(H,18,19). The van der Waals surface area contributed by atoms with Crippen molar-refractivity contribution in [1.29, 1.82) is 0 Å². The molecule has 2 unspecified atom stereocenters. The summed E-state index contributed by atoms with van der Waals surface area (Å²) in [4.78, 5) is 11.9. The van der Waals surface area contributed by atoms with Crippen LogP contribution in [0.15, 0.2) is 24.3 Å². The third-order valence-electron chi connectivity index (χ3n) is 3.79. The molecule has 0 spiro atoms. The summed E-state index contributed by atoms with van der Waals surface area (Å²) in [6.45, 7) is 4.10. The second kappa shape index (κ2) is 8.00. The van der Waals surface area contributed by atoms with Crippen LogP contribution in [0.5, 0.6) is 5.75 Å². The monoisotopic (exact) mass is 292 g/mol. The van der Waals surface area contributed by atoms with Gasteiger partial charge in [0.05, 0.1) is 19.8 Å². The fourth-order valence-electron chi connectivity index (χ4n) is 2.65. The Morgan fingerprint density at radius 1 is 1.48 bits per heavy atom. The van der Waals surface area contributed by atoms with E-state index in [1.165, 1.54) is 0 Å². The van der Waals surface area contributed by atoms with Crippen molar-refractivity contribution >= 4 is 11.6 Å². The lowest BCUT2D eigenvalue weighted by atomic mass is 10.00. The summed E-state index contributed by atoms with van der Waals surface area (Å²) in [6.07, 6.45) is 2.43. The summed E-state index contributed by atoms with van der Waals surface area (Å²) < 4.78 is 10.8. The number of hydrogen-bond acceptors (Lipinski definition) is 4. The minimum Gasteiger partial charge on any atom is -0.497 e. The van der Waals surface area contributed by atoms with E-state index in [0.717, 1.165) is 37.4 Å². The maximum absolute atomic E-state index is 11.9. The Labute approximate surface area is 126 Å². The summed E-state index contributed by atoms with van der Waals surface area (Å²) in [5.41, 5.74) is 0.747. The summed E-state index contributed by atoms with van der Waals surface area (Å²) in [7, 11) is 1.61. The molecule has 1 saturated heterocycles. The fraction of sp³-hybridized carbons (Fsp3) is 0.562. The Hall–Kier alpha value is -1.59. The van der Waals surface area contributed by atoms with E-state index in [0.29, 0.717) is 18.6 Å². The molecular weight excluding hydrogens is 268 g/mol. The van der Waals surface area contributed by atoms with Crippen LogP contribution in [0.2, 0.25) is 0 Å². The smallest absolute Gasteiger partial charge is 0.238 e. The van der Waals surface area contributed by atoms with Crippen molar-refractivity contribution in [1.82, 2.24) is 5.32 Å². The summed E-state index contributed by atoms with van der Waals surface area (Å²) in [5.74, 6) is 1.20. The summed E-state index contributed by atoms with van der Waals surface area (Å²) >= 11 is 0. The zero-order chi connectivity index (χ0) is 15.1. The first-order chi connectivity index (χ1) is 10.2. The molecule has 116 valence electrons. The van der Waals surface area contributed by atoms with Gasteiger partial charge in [0.15, 0.2) is 0 Å². The largest absolute Gasteiger partial charge is 0.497 e. The van der Waals surface area contributed by atoms with Gasteiger partial charge in [0, 0.05) is 24.9 Å². The molecule has 2 atom stereocenters. The number of benzene rings is 1. The summed E-state index contributed by atoms with van der Waals surface area (Å²) in [6, 6.07) is 7.34. The molecule has 0 saturated carbocycles. The average Bonchev–Trinajstić information content (AvgIpc) is 2.95. The van der Waals surface area contributed by atoms with E-state index in [1.54, 1.807) is 13.2 Å². The highest BCUT2D eigenvalue weighted by atomic mass is 16.5. The van der Waals surface area contributed by atoms with Crippen LogP contribution < -0.4 is 15.4 Å². The molecule has 1 aliphatic heterocycles. The zero-order valence-electron chi connectivity index (χ0n) is 12.7. The van der Waals surface area contributed by atoms with E-state index in [9.17, 15) is 4.79 Å². The van der Waals surface area contributed by atoms with Crippen molar-refractivity contribution in [3.63, 3.8) is 0 Å². The normalized spacial score (nSPS) is 21.2. The van der Waals surface area contributed by atoms with Gasteiger partial charge in [0.2, 0.25) is 5.91 Å². The molecule has 1 aliphatic rings. The van der Waals surface area contributed by atoms with Crippen LogP contribution in [-0.4, -0.2) is 38.8 Å². The zero-order valence-corrected chi connectivity index (χ0v) is 12.7. The van der Waals surface area contributed by atoms with Crippen LogP contribution in [0.4, 0.5) is 5.69 Å². The van der Waals surface area contributed by atoms with E-state index >= 15 is 0 Å². The van der Waals surface area contributed by atoms with Gasteiger partial charge in [-0.1, -0.05) is 13.0 Å². The van der Waals surface area contributed by atoms with Gasteiger partial charge in [-0.25, -0.2) is 0 Å². The van der Waals surface area contributed by atoms with Crippen LogP contribution in [0.25, 0.3) is 0 Å². The number of amides is 1. The molecule has 1 aromatic rings. The van der Waals surface area contributed by atoms with E-state index in [-0.39, 0.29) is 5.91 Å². The third-order valence-corrected chi connectivity index (χ3v) is 3.79. The number of methoxy groups -OCH3 is 1. The van der Waals surface area contributed by atoms with Crippen molar-refractivity contribution in [3.05, 3.63) is 24.3 Å². The van der Waals surface area contributed by atoms with E-state index in [2.05, 4.69) is 17.6 Å². The molecule has 0 aromatic heterocycles. The molecule has 1 heterocycles. The first-order valence-corrected chi connectivity index (χ1v) is 7.49. The van der Waals surface area contributed by atoms with Gasteiger partial charge in [-0.05, 0) is 30.9 Å². The van der Waals surface area contributed by atoms with E-state index in [1.807, 2.05) is 18.2 Å². The molecule has 1 fully saturated rings. The molecule has 5 heteroatoms. The van der Waals surface area contributed by atoms with Gasteiger partial charge < -0.3 is 20.1 Å². The highest BCUT2D eigenvalue weighted by Gasteiger charge is 2.26. The van der Waals surface area contributed by atoms with Crippen LogP contribution in [0, 0.1) is 5.92 Å². The van der Waals surface area contributed by atoms with Gasteiger partial charge in [0.1, 0.15) is 5.75 Å². The second-order valence-corrected chi connectivity index (χ2v) is 5.28. The maximum atomic E-state index is 11.9. The van der Waals surface area contributed by atoms with Crippen LogP contribution >= 0.6 is 0 Å². The minimum absolute atomic E-state index is 0.0461. The highest BCUT2D eigenvalue weighted by Crippen LogP contribution is 2.22. The lowest BCUT2D eigenvalue weighted by molar-refractivity contribution is -0.115. The molecule has 0 radical (unpaired) electrons. The Kier molecular flexibility index (Phi) is 6.02. The average molecular weight is 292 g/mol. The number of hydrogen-bond donors (Lipinski definition) is 2. The van der Waals surface area contributed by atoms with Gasteiger partial charge in [-0.2, -0.15) is 0 Å². The molecule has 2 rings (SSSR count). The Bertz CT molecular complexity index is 465. The van der Waals surface area contributed by atoms with Crippen LogP contribution in [0.1, 0.15) is 19.8 Å². The molecule has 0 aliphatic carbocycles. The number of nitrogens with one attached hydrogen (secondary N) is 2. The number of rotatable bonds is 7. The number of carbonyl (C=O) groups is 1. The van der Waals surface area contributed by atoms with Crippen molar-refractivity contribution in [2.24, 2.45) is 5.92 Å². The third kappa shape index (κ3) is 4.72. The Morgan fingerprint density at radius 3 is 3.10 bits per heavy atom. The first-order valence-electron chi connectivity index (χ1n) is 7.49. The van der Waals surface area contributed by atoms with Crippen molar-refractivity contribution in [2.45, 2.75) is 25.9 Å². The molecular formula is C16H24N2O3. The quantitative estimate of drug-likeness (QED) is 0.807. The topological polar surface area (TPSA) is 59.6 Å². The molecule has 1 aromatic carbocycles. The van der Waals surface area contributed by atoms with Gasteiger partial charge in [0.25, 0.3) is 0 Å². The maximum Gasteiger partial charge on any atom is 0.238 e. The van der Waals surface area contributed by atoms with E-state index < -0.39 is 0 Å². The molecule has 1 amide bonds. The van der Waals surface area contributed by atoms with E-state index in [4.69, 9.17) is 9.47 Å². The van der Waals surface area contributed by atoms with Gasteiger partial charge in [-0.15, -0.1) is 0 Å². The SMILES string of the molecule is CCC1OCCC1CNCC(=O)Nc1cccc(OC)c1. The molecule has 2 N–H and O–H groups in total. The number of ether oxygens (including phenoxy) is 2. The number of anilines is 1. The fourth-order valence-corrected chi connectivity index (χ4v) is 2.65. The molecule has 21 heavy (non-hydrogen) atoms. The Balaban J connectivity index is 1.72. The van der Waals surface area contributed by atoms with Gasteiger partial charge >= 0.3 is 0 Å². The lowest BCUT2D eigenvalue weighted by Crippen LogP contribution is -2.34. The highest BCUT2D eigenvalue weighted by molar-refractivity contribution is 5.92. The van der Waals surface area contributed by atoms with Crippen LogP contribution in [-0.2, 0) is 9.53 Å². The van der Waals surface area contributed by atoms with Crippen LogP contribution in [0.3, 0.4) is 0 Å². The lowest BCUT2D eigenvalue weighted by Gasteiger charge is -2.17. The van der Waals surface area contributed by atoms with Crippen molar-refractivity contribution in [2.75, 3.05) is 32.1 Å². The Morgan fingerprint density at radius 2 is 2.33 bits per heavy atom. The predicted molar refractivity (Wildman–Crippen MR) is 82.6 cm³/mol. The second-order valence-electron chi connectivity index (χ2n) is 5.28. The van der Waals surface area contributed by atoms with Crippen molar-refractivity contribution < 1.29 is 14.3 Å². The van der Waals surface area contributed by atoms with Gasteiger partial charge in [-0.3, -0.25) is 4.79 Å². The number of carbonyl (C=O) groups excluding carboxylic acids is 1. The molecule has 5 nitrogen and oxygen atoms in total. The van der Waals surface area contributed by atoms with Crippen molar-refractivity contribution in [3.8, 4) is 5.75 Å². The first kappa shape index (κ1) is 15.8.